The zero-order valence-corrected chi connectivity index (χ0v) is 7.31. The Bertz CT molecular complexity index is 193. The Kier molecular flexibility index (Phi) is 11.3. The minimum absolute atomic E-state index is 0. The van der Waals surface area contributed by atoms with Crippen LogP contribution in [0.5, 0.6) is 0 Å². The van der Waals surface area contributed by atoms with Crippen molar-refractivity contribution >= 4 is 0 Å². The van der Waals surface area contributed by atoms with Gasteiger partial charge in [-0.1, -0.05) is 25.8 Å². The predicted octanol–water partition coefficient (Wildman–Crippen LogP) is 2.22. The highest BCUT2D eigenvalue weighted by atomic mass is 16.3. The molecule has 1 heteroatoms. The summed E-state index contributed by atoms with van der Waals surface area (Å²) >= 11 is 0. The van der Waals surface area contributed by atoms with Crippen LogP contribution in [0.15, 0.2) is 12.2 Å². The van der Waals surface area contributed by atoms with E-state index in [4.69, 9.17) is 18.0 Å². The molecule has 68 valence electrons. The Balaban J connectivity index is -0.000000126. The summed E-state index contributed by atoms with van der Waals surface area (Å²) in [5, 5.41) is 8.59. The van der Waals surface area contributed by atoms with E-state index in [0.29, 0.717) is 0 Å². The Hall–Kier alpha value is -1.18. The van der Waals surface area contributed by atoms with E-state index >= 15 is 0 Å². The molecule has 1 nitrogen and oxygen atoms in total. The van der Waals surface area contributed by atoms with Crippen LogP contribution >= 0.6 is 0 Å². The lowest BCUT2D eigenvalue weighted by Crippen LogP contribution is -2.13. The second-order valence-electron chi connectivity index (χ2n) is 2.63. The Morgan fingerprint density at radius 3 is 1.58 bits per heavy atom. The van der Waals surface area contributed by atoms with Gasteiger partial charge in [-0.25, -0.2) is 0 Å². The maximum Gasteiger partial charge on any atom is 0.119 e. The van der Waals surface area contributed by atoms with Gasteiger partial charge in [-0.3, -0.25) is 0 Å². The van der Waals surface area contributed by atoms with Crippen LogP contribution in [0.4, 0.5) is 0 Å². The van der Waals surface area contributed by atoms with Crippen molar-refractivity contribution in [3.05, 3.63) is 12.2 Å². The fourth-order valence-electron chi connectivity index (χ4n) is 0. The number of hydrogen-bond donors (Lipinski definition) is 1. The maximum absolute atomic E-state index is 8.59. The first-order valence-electron chi connectivity index (χ1n) is 3.15. The van der Waals surface area contributed by atoms with E-state index in [0.717, 1.165) is 5.57 Å². The van der Waals surface area contributed by atoms with Crippen molar-refractivity contribution in [2.45, 2.75) is 33.8 Å². The molecule has 0 saturated carbocycles. The molecule has 0 radical (unpaired) electrons. The molecular formula is C11H18O. The fraction of sp³-hybridized carbons (Fsp3) is 0.455. The van der Waals surface area contributed by atoms with Crippen molar-refractivity contribution in [3.63, 3.8) is 0 Å². The van der Waals surface area contributed by atoms with Gasteiger partial charge in [0.1, 0.15) is 5.60 Å². The fourth-order valence-corrected chi connectivity index (χ4v) is 0. The van der Waals surface area contributed by atoms with E-state index in [1.165, 1.54) is 0 Å². The van der Waals surface area contributed by atoms with Crippen LogP contribution in [0, 0.1) is 24.7 Å². The summed E-state index contributed by atoms with van der Waals surface area (Å²) in [5.41, 5.74) is -0.148. The summed E-state index contributed by atoms with van der Waals surface area (Å²) in [6, 6.07) is 0. The average molecular weight is 166 g/mol. The summed E-state index contributed by atoms with van der Waals surface area (Å²) in [5.74, 6) is 4.49. The van der Waals surface area contributed by atoms with Gasteiger partial charge in [-0.05, 0) is 26.3 Å². The second-order valence-corrected chi connectivity index (χ2v) is 2.63. The van der Waals surface area contributed by atoms with E-state index in [1.807, 2.05) is 0 Å². The lowest BCUT2D eigenvalue weighted by molar-refractivity contribution is 0.144. The quantitative estimate of drug-likeness (QED) is 0.547. The molecular weight excluding hydrogens is 148 g/mol. The van der Waals surface area contributed by atoms with Gasteiger partial charge in [-0.2, -0.15) is 0 Å². The van der Waals surface area contributed by atoms with E-state index < -0.39 is 5.60 Å². The minimum Gasteiger partial charge on any atom is -0.378 e. The molecule has 0 atom stereocenters. The highest BCUT2D eigenvalue weighted by Crippen LogP contribution is 1.93. The summed E-state index contributed by atoms with van der Waals surface area (Å²) in [7, 11) is 0. The Morgan fingerprint density at radius 2 is 1.58 bits per heavy atom. The molecule has 0 aliphatic rings. The van der Waals surface area contributed by atoms with Gasteiger partial charge in [0, 0.05) is 0 Å². The summed E-state index contributed by atoms with van der Waals surface area (Å²) in [6.45, 7) is 8.35. The highest BCUT2D eigenvalue weighted by Gasteiger charge is 2.03. The summed E-state index contributed by atoms with van der Waals surface area (Å²) in [6.07, 6.45) is 9.63. The molecule has 0 spiro atoms. The van der Waals surface area contributed by atoms with Crippen molar-refractivity contribution in [3.8, 4) is 24.7 Å². The summed E-state index contributed by atoms with van der Waals surface area (Å²) in [4.78, 5) is 0. The second kappa shape index (κ2) is 7.92. The van der Waals surface area contributed by atoms with Gasteiger partial charge in [0.25, 0.3) is 0 Å². The Labute approximate surface area is 76.5 Å². The Morgan fingerprint density at radius 1 is 1.42 bits per heavy atom. The van der Waals surface area contributed by atoms with Crippen LogP contribution in [0.25, 0.3) is 0 Å². The van der Waals surface area contributed by atoms with Crippen molar-refractivity contribution in [1.29, 1.82) is 0 Å². The smallest absolute Gasteiger partial charge is 0.119 e. The molecule has 0 unspecified atom stereocenters. The van der Waals surface area contributed by atoms with Crippen LogP contribution in [0.2, 0.25) is 0 Å². The third-order valence-corrected chi connectivity index (χ3v) is 0.600. The molecule has 0 aliphatic heterocycles. The molecule has 0 aromatic rings. The zero-order valence-electron chi connectivity index (χ0n) is 7.31. The molecule has 0 aliphatic carbocycles. The van der Waals surface area contributed by atoms with Gasteiger partial charge in [0.05, 0.1) is 0 Å². The highest BCUT2D eigenvalue weighted by molar-refractivity contribution is 5.17. The van der Waals surface area contributed by atoms with Crippen LogP contribution in [-0.2, 0) is 0 Å². The minimum atomic E-state index is -0.931. The SMILES string of the molecule is C.C#CC(=C)C.C#CC(C)(C)O. The van der Waals surface area contributed by atoms with Gasteiger partial charge < -0.3 is 5.11 Å². The maximum atomic E-state index is 8.59. The molecule has 0 fully saturated rings. The van der Waals surface area contributed by atoms with Gasteiger partial charge in [-0.15, -0.1) is 12.8 Å². The molecule has 0 aromatic carbocycles. The van der Waals surface area contributed by atoms with Crippen molar-refractivity contribution in [2.24, 2.45) is 0 Å². The first kappa shape index (κ1) is 17.1. The monoisotopic (exact) mass is 166 g/mol. The number of allylic oxidation sites excluding steroid dienone is 1. The summed E-state index contributed by atoms with van der Waals surface area (Å²) < 4.78 is 0. The molecule has 0 saturated heterocycles. The predicted molar refractivity (Wildman–Crippen MR) is 55.5 cm³/mol. The van der Waals surface area contributed by atoms with Crippen molar-refractivity contribution in [1.82, 2.24) is 0 Å². The zero-order chi connectivity index (χ0) is 9.49. The number of aliphatic hydroxyl groups is 1. The molecule has 0 rings (SSSR count). The van der Waals surface area contributed by atoms with Crippen LogP contribution in [0.1, 0.15) is 28.2 Å². The number of rotatable bonds is 0. The average Bonchev–Trinajstić information content (AvgIpc) is 1.88. The van der Waals surface area contributed by atoms with E-state index in [9.17, 15) is 0 Å². The first-order valence-corrected chi connectivity index (χ1v) is 3.15. The van der Waals surface area contributed by atoms with Crippen LogP contribution in [-0.4, -0.2) is 10.7 Å². The van der Waals surface area contributed by atoms with E-state index in [1.54, 1.807) is 20.8 Å². The van der Waals surface area contributed by atoms with Gasteiger partial charge >= 0.3 is 0 Å². The standard InChI is InChI=1S/C5H8O.C5H6.CH4/c1-4-5(2,3)6;1-4-5(2)3;/h1,6H,2-3H3;1H,2H2,3H3;1H4. The molecule has 1 N–H and O–H groups in total. The molecule has 0 heterocycles. The van der Waals surface area contributed by atoms with Crippen molar-refractivity contribution < 1.29 is 5.11 Å². The molecule has 0 aromatic heterocycles. The topological polar surface area (TPSA) is 20.2 Å². The van der Waals surface area contributed by atoms with Crippen LogP contribution < -0.4 is 0 Å². The lowest BCUT2D eigenvalue weighted by atomic mass is 10.2. The van der Waals surface area contributed by atoms with E-state index in [2.05, 4.69) is 18.4 Å². The molecule has 12 heavy (non-hydrogen) atoms. The number of hydrogen-bond acceptors (Lipinski definition) is 1. The van der Waals surface area contributed by atoms with Gasteiger partial charge in [0.15, 0.2) is 0 Å². The van der Waals surface area contributed by atoms with Crippen molar-refractivity contribution in [2.75, 3.05) is 0 Å². The third kappa shape index (κ3) is 37.0. The molecule has 0 amide bonds. The molecule has 0 bridgehead atoms. The normalized spacial score (nSPS) is 7.50. The van der Waals surface area contributed by atoms with Crippen LogP contribution in [0.3, 0.4) is 0 Å². The first-order chi connectivity index (χ1) is 4.83. The number of terminal acetylenes is 2. The third-order valence-electron chi connectivity index (χ3n) is 0.600. The largest absolute Gasteiger partial charge is 0.378 e. The van der Waals surface area contributed by atoms with Gasteiger partial charge in [0.2, 0.25) is 0 Å². The lowest BCUT2D eigenvalue weighted by Gasteiger charge is -2.04. The van der Waals surface area contributed by atoms with E-state index in [-0.39, 0.29) is 7.43 Å².